The van der Waals surface area contributed by atoms with Crippen molar-refractivity contribution in [2.45, 2.75) is 58.5 Å². The molecule has 1 N–H and O–H groups in total. The van der Waals surface area contributed by atoms with Gasteiger partial charge in [-0.1, -0.05) is 5.16 Å². The molecule has 1 aliphatic heterocycles. The molecule has 2 unspecified atom stereocenters. The average Bonchev–Trinajstić information content (AvgIpc) is 2.99. The molecule has 1 saturated carbocycles. The summed E-state index contributed by atoms with van der Waals surface area (Å²) < 4.78 is 5.31. The Bertz CT molecular complexity index is 758. The predicted molar refractivity (Wildman–Crippen MR) is 102 cm³/mol. The van der Waals surface area contributed by atoms with Gasteiger partial charge in [-0.3, -0.25) is 4.79 Å². The highest BCUT2D eigenvalue weighted by Crippen LogP contribution is 2.56. The van der Waals surface area contributed by atoms with Gasteiger partial charge < -0.3 is 14.7 Å². The largest absolute Gasteiger partial charge is 0.361 e. The number of nitrogens with zero attached hydrogens (tertiary/aromatic N) is 2. The van der Waals surface area contributed by atoms with Crippen LogP contribution in [0.3, 0.4) is 0 Å². The summed E-state index contributed by atoms with van der Waals surface area (Å²) in [6.07, 6.45) is 3.48. The van der Waals surface area contributed by atoms with Crippen molar-refractivity contribution in [1.82, 2.24) is 15.4 Å². The summed E-state index contributed by atoms with van der Waals surface area (Å²) in [7, 11) is 0. The fourth-order valence-electron chi connectivity index (χ4n) is 4.63. The monoisotopic (exact) mass is 373 g/mol. The number of nitrogens with one attached hydrogen (secondary N) is 1. The van der Waals surface area contributed by atoms with Crippen molar-refractivity contribution in [1.29, 1.82) is 0 Å². The van der Waals surface area contributed by atoms with Crippen molar-refractivity contribution < 1.29 is 9.32 Å². The molecule has 2 atom stereocenters. The molecular formula is C20H27N3O2S. The molecule has 2 aromatic heterocycles. The van der Waals surface area contributed by atoms with Crippen LogP contribution in [0.5, 0.6) is 0 Å². The minimum absolute atomic E-state index is 0.200. The fourth-order valence-corrected chi connectivity index (χ4v) is 5.29. The van der Waals surface area contributed by atoms with Crippen LogP contribution in [0.2, 0.25) is 0 Å². The third-order valence-corrected chi connectivity index (χ3v) is 6.96. The third-order valence-electron chi connectivity index (χ3n) is 6.23. The van der Waals surface area contributed by atoms with Gasteiger partial charge in [0.05, 0.1) is 11.6 Å². The molecule has 26 heavy (non-hydrogen) atoms. The number of amides is 1. The Morgan fingerprint density at radius 1 is 1.46 bits per heavy atom. The summed E-state index contributed by atoms with van der Waals surface area (Å²) in [4.78, 5) is 15.7. The standard InChI is InChI=1S/C20H27N3O2S/c1-13(18-14(2)22-25-15(18)3)19(24)23(11-16-4-9-26-12-16)17-10-20(17)5-7-21-8-6-20/h4,9,12-13,17,21H,5-8,10-11H2,1-3H3. The van der Waals surface area contributed by atoms with Gasteiger partial charge >= 0.3 is 0 Å². The van der Waals surface area contributed by atoms with Crippen LogP contribution >= 0.6 is 11.3 Å². The van der Waals surface area contributed by atoms with Gasteiger partial charge in [0, 0.05) is 18.2 Å². The number of carbonyl (C=O) groups excluding carboxylic acids is 1. The van der Waals surface area contributed by atoms with Crippen molar-refractivity contribution in [3.05, 3.63) is 39.4 Å². The average molecular weight is 374 g/mol. The Morgan fingerprint density at radius 2 is 2.23 bits per heavy atom. The summed E-state index contributed by atoms with van der Waals surface area (Å²) in [5.74, 6) is 0.733. The summed E-state index contributed by atoms with van der Waals surface area (Å²) in [5, 5.41) is 11.7. The topological polar surface area (TPSA) is 58.4 Å². The van der Waals surface area contributed by atoms with E-state index in [2.05, 4.69) is 32.2 Å². The second kappa shape index (κ2) is 6.82. The quantitative estimate of drug-likeness (QED) is 0.869. The highest BCUT2D eigenvalue weighted by atomic mass is 32.1. The van der Waals surface area contributed by atoms with E-state index in [0.29, 0.717) is 18.0 Å². The molecule has 4 rings (SSSR count). The fraction of sp³-hybridized carbons (Fsp3) is 0.600. The Kier molecular flexibility index (Phi) is 4.65. The van der Waals surface area contributed by atoms with Gasteiger partial charge in [-0.2, -0.15) is 11.3 Å². The second-order valence-corrected chi connectivity index (χ2v) is 8.67. The predicted octanol–water partition coefficient (Wildman–Crippen LogP) is 3.63. The number of carbonyl (C=O) groups is 1. The lowest BCUT2D eigenvalue weighted by atomic mass is 9.92. The molecule has 0 aromatic carbocycles. The zero-order valence-corrected chi connectivity index (χ0v) is 16.6. The molecule has 5 nitrogen and oxygen atoms in total. The molecular weight excluding hydrogens is 346 g/mol. The van der Waals surface area contributed by atoms with Crippen molar-refractivity contribution in [2.75, 3.05) is 13.1 Å². The van der Waals surface area contributed by atoms with E-state index in [1.165, 1.54) is 18.4 Å². The van der Waals surface area contributed by atoms with E-state index in [-0.39, 0.29) is 11.8 Å². The number of piperidine rings is 1. The molecule has 1 amide bonds. The van der Waals surface area contributed by atoms with Crippen molar-refractivity contribution in [2.24, 2.45) is 5.41 Å². The summed E-state index contributed by atoms with van der Waals surface area (Å²) >= 11 is 1.69. The normalized spacial score (nSPS) is 22.3. The van der Waals surface area contributed by atoms with Gasteiger partial charge in [-0.25, -0.2) is 0 Å². The van der Waals surface area contributed by atoms with E-state index in [1.807, 2.05) is 20.8 Å². The van der Waals surface area contributed by atoms with Gasteiger partial charge in [-0.05, 0) is 80.9 Å². The van der Waals surface area contributed by atoms with Crippen LogP contribution in [0, 0.1) is 19.3 Å². The molecule has 2 aliphatic rings. The van der Waals surface area contributed by atoms with Crippen LogP contribution < -0.4 is 5.32 Å². The molecule has 2 fully saturated rings. The molecule has 6 heteroatoms. The maximum atomic E-state index is 13.5. The van der Waals surface area contributed by atoms with E-state index in [9.17, 15) is 4.79 Å². The van der Waals surface area contributed by atoms with Crippen LogP contribution in [0.4, 0.5) is 0 Å². The first kappa shape index (κ1) is 17.7. The zero-order chi connectivity index (χ0) is 18.3. The van der Waals surface area contributed by atoms with Gasteiger partial charge in [-0.15, -0.1) is 0 Å². The number of aromatic nitrogens is 1. The first-order chi connectivity index (χ1) is 12.5. The van der Waals surface area contributed by atoms with Gasteiger partial charge in [0.1, 0.15) is 5.76 Å². The van der Waals surface area contributed by atoms with Crippen molar-refractivity contribution in [3.63, 3.8) is 0 Å². The van der Waals surface area contributed by atoms with Crippen LogP contribution in [0.1, 0.15) is 54.7 Å². The van der Waals surface area contributed by atoms with E-state index >= 15 is 0 Å². The third kappa shape index (κ3) is 3.09. The number of hydrogen-bond acceptors (Lipinski definition) is 5. The Labute approximate surface area is 158 Å². The van der Waals surface area contributed by atoms with Crippen LogP contribution in [0.25, 0.3) is 0 Å². The van der Waals surface area contributed by atoms with E-state index in [0.717, 1.165) is 36.5 Å². The SMILES string of the molecule is Cc1noc(C)c1C(C)C(=O)N(Cc1ccsc1)C1CC12CCNCC2. The molecule has 1 saturated heterocycles. The highest BCUT2D eigenvalue weighted by molar-refractivity contribution is 7.07. The van der Waals surface area contributed by atoms with Crippen molar-refractivity contribution >= 4 is 17.2 Å². The minimum atomic E-state index is -0.223. The first-order valence-electron chi connectivity index (χ1n) is 9.47. The van der Waals surface area contributed by atoms with Crippen LogP contribution in [-0.4, -0.2) is 35.1 Å². The molecule has 0 bridgehead atoms. The molecule has 1 spiro atoms. The Hall–Kier alpha value is -1.66. The summed E-state index contributed by atoms with van der Waals surface area (Å²) in [5.41, 5.74) is 3.33. The van der Waals surface area contributed by atoms with Gasteiger partial charge in [0.2, 0.25) is 5.91 Å². The lowest BCUT2D eigenvalue weighted by molar-refractivity contribution is -0.134. The summed E-state index contributed by atoms with van der Waals surface area (Å²) in [6, 6.07) is 2.49. The van der Waals surface area contributed by atoms with Gasteiger partial charge in [0.25, 0.3) is 0 Å². The van der Waals surface area contributed by atoms with Crippen LogP contribution in [0.15, 0.2) is 21.3 Å². The lowest BCUT2D eigenvalue weighted by Crippen LogP contribution is -2.40. The smallest absolute Gasteiger partial charge is 0.230 e. The highest BCUT2D eigenvalue weighted by Gasteiger charge is 2.58. The van der Waals surface area contributed by atoms with Crippen molar-refractivity contribution in [3.8, 4) is 0 Å². The number of rotatable bonds is 5. The second-order valence-electron chi connectivity index (χ2n) is 7.89. The molecule has 2 aromatic rings. The molecule has 0 radical (unpaired) electrons. The van der Waals surface area contributed by atoms with E-state index < -0.39 is 0 Å². The number of hydrogen-bond donors (Lipinski definition) is 1. The summed E-state index contributed by atoms with van der Waals surface area (Å²) in [6.45, 7) is 8.65. The maximum Gasteiger partial charge on any atom is 0.230 e. The zero-order valence-electron chi connectivity index (χ0n) is 15.7. The number of thiophene rings is 1. The Balaban J connectivity index is 1.59. The number of aryl methyl sites for hydroxylation is 2. The Morgan fingerprint density at radius 3 is 2.85 bits per heavy atom. The lowest BCUT2D eigenvalue weighted by Gasteiger charge is -2.31. The van der Waals surface area contributed by atoms with E-state index in [1.54, 1.807) is 11.3 Å². The molecule has 3 heterocycles. The molecule has 1 aliphatic carbocycles. The maximum absolute atomic E-state index is 13.5. The van der Waals surface area contributed by atoms with Gasteiger partial charge in [0.15, 0.2) is 0 Å². The van der Waals surface area contributed by atoms with E-state index in [4.69, 9.17) is 4.52 Å². The molecule has 140 valence electrons. The van der Waals surface area contributed by atoms with Crippen LogP contribution in [-0.2, 0) is 11.3 Å². The minimum Gasteiger partial charge on any atom is -0.361 e. The first-order valence-corrected chi connectivity index (χ1v) is 10.4.